The van der Waals surface area contributed by atoms with Crippen molar-refractivity contribution in [3.63, 3.8) is 0 Å². The number of likely N-dealkylation sites (tertiary alicyclic amines) is 1. The Hall–Kier alpha value is -1.60. The highest BCUT2D eigenvalue weighted by Gasteiger charge is 2.44. The highest BCUT2D eigenvalue weighted by Crippen LogP contribution is 2.42. The molecule has 0 saturated carbocycles. The number of benzene rings is 1. The lowest BCUT2D eigenvalue weighted by Crippen LogP contribution is -2.44. The van der Waals surface area contributed by atoms with Crippen LogP contribution in [0.2, 0.25) is 18.1 Å². The molecule has 1 aliphatic heterocycles. The van der Waals surface area contributed by atoms with Gasteiger partial charge in [0.05, 0.1) is 19.3 Å². The van der Waals surface area contributed by atoms with Crippen LogP contribution in [0.4, 0.5) is 9.18 Å². The Kier molecular flexibility index (Phi) is 5.49. The first-order valence-electron chi connectivity index (χ1n) is 8.47. The van der Waals surface area contributed by atoms with Crippen LogP contribution in [-0.4, -0.2) is 44.2 Å². The Morgan fingerprint density at radius 3 is 2.52 bits per heavy atom. The summed E-state index contributed by atoms with van der Waals surface area (Å²) in [4.78, 5) is 13.1. The molecule has 1 N–H and O–H groups in total. The lowest BCUT2D eigenvalue weighted by Gasteiger charge is -2.38. The second-order valence-electron chi connectivity index (χ2n) is 8.07. The summed E-state index contributed by atoms with van der Waals surface area (Å²) in [6, 6.07) is 3.73. The molecule has 2 atom stereocenters. The summed E-state index contributed by atoms with van der Waals surface area (Å²) < 4.78 is 25.5. The summed E-state index contributed by atoms with van der Waals surface area (Å²) in [5.74, 6) is 0.0838. The summed E-state index contributed by atoms with van der Waals surface area (Å²) in [5, 5.41) is 9.64. The average Bonchev–Trinajstić information content (AvgIpc) is 2.89. The van der Waals surface area contributed by atoms with Crippen molar-refractivity contribution < 1.29 is 23.5 Å². The Balaban J connectivity index is 2.30. The van der Waals surface area contributed by atoms with E-state index < -0.39 is 26.3 Å². The predicted molar refractivity (Wildman–Crippen MR) is 97.1 cm³/mol. The van der Waals surface area contributed by atoms with E-state index in [2.05, 4.69) is 33.9 Å². The zero-order valence-corrected chi connectivity index (χ0v) is 16.8. The monoisotopic (exact) mass is 369 g/mol. The molecule has 0 aromatic heterocycles. The molecule has 5 nitrogen and oxygen atoms in total. The van der Waals surface area contributed by atoms with Crippen molar-refractivity contribution in [2.75, 3.05) is 13.7 Å². The van der Waals surface area contributed by atoms with Gasteiger partial charge < -0.3 is 14.3 Å². The molecule has 1 aromatic rings. The van der Waals surface area contributed by atoms with Crippen LogP contribution in [-0.2, 0) is 4.43 Å². The van der Waals surface area contributed by atoms with E-state index in [1.54, 1.807) is 0 Å². The van der Waals surface area contributed by atoms with Gasteiger partial charge in [-0.15, -0.1) is 0 Å². The number of carboxylic acid groups (broad SMARTS) is 1. The Bertz CT molecular complexity index is 644. The van der Waals surface area contributed by atoms with Crippen molar-refractivity contribution in [2.45, 2.75) is 57.5 Å². The zero-order chi connectivity index (χ0) is 19.0. The average molecular weight is 370 g/mol. The van der Waals surface area contributed by atoms with Gasteiger partial charge >= 0.3 is 6.09 Å². The van der Waals surface area contributed by atoms with Gasteiger partial charge in [-0.2, -0.15) is 0 Å². The van der Waals surface area contributed by atoms with E-state index in [9.17, 15) is 14.3 Å². The molecule has 0 bridgehead atoms. The Morgan fingerprint density at radius 1 is 1.36 bits per heavy atom. The number of amides is 1. The van der Waals surface area contributed by atoms with E-state index in [1.807, 2.05) is 0 Å². The van der Waals surface area contributed by atoms with Gasteiger partial charge in [0.2, 0.25) is 0 Å². The molecule has 25 heavy (non-hydrogen) atoms. The minimum atomic E-state index is -2.02. The van der Waals surface area contributed by atoms with Crippen LogP contribution < -0.4 is 4.74 Å². The SMILES string of the molecule is COc1ccc(F)cc1C1CC(O[Si](C)(C)C(C)(C)C)CN1C(=O)O. The van der Waals surface area contributed by atoms with Gasteiger partial charge in [-0.1, -0.05) is 20.8 Å². The maximum Gasteiger partial charge on any atom is 0.407 e. The first-order valence-corrected chi connectivity index (χ1v) is 11.4. The van der Waals surface area contributed by atoms with Crippen LogP contribution >= 0.6 is 0 Å². The summed E-state index contributed by atoms with van der Waals surface area (Å²) in [5.41, 5.74) is 0.547. The highest BCUT2D eigenvalue weighted by molar-refractivity contribution is 6.74. The second-order valence-corrected chi connectivity index (χ2v) is 12.8. The van der Waals surface area contributed by atoms with Gasteiger partial charge in [-0.3, -0.25) is 4.90 Å². The quantitative estimate of drug-likeness (QED) is 0.785. The predicted octanol–water partition coefficient (Wildman–Crippen LogP) is 4.65. The van der Waals surface area contributed by atoms with Crippen molar-refractivity contribution >= 4 is 14.4 Å². The van der Waals surface area contributed by atoms with Crippen molar-refractivity contribution in [1.29, 1.82) is 0 Å². The van der Waals surface area contributed by atoms with Gasteiger partial charge in [-0.05, 0) is 42.8 Å². The summed E-state index contributed by atoms with van der Waals surface area (Å²) >= 11 is 0. The molecule has 2 unspecified atom stereocenters. The number of carbonyl (C=O) groups is 1. The van der Waals surface area contributed by atoms with Crippen LogP contribution in [0.1, 0.15) is 38.8 Å². The molecular formula is C18H28FNO4Si. The number of nitrogens with zero attached hydrogens (tertiary/aromatic N) is 1. The summed E-state index contributed by atoms with van der Waals surface area (Å²) in [6.07, 6.45) is -0.730. The standard InChI is InChI=1S/C18H28FNO4Si/c1-18(2,3)25(5,6)24-13-10-15(20(11-13)17(21)22)14-9-12(19)7-8-16(14)23-4/h7-9,13,15H,10-11H2,1-6H3,(H,21,22). The zero-order valence-electron chi connectivity index (χ0n) is 15.8. The molecule has 1 heterocycles. The normalized spacial score (nSPS) is 21.5. The van der Waals surface area contributed by atoms with E-state index in [4.69, 9.17) is 9.16 Å². The molecule has 0 spiro atoms. The number of rotatable bonds is 4. The maximum atomic E-state index is 13.7. The van der Waals surface area contributed by atoms with Gasteiger partial charge in [0.25, 0.3) is 0 Å². The fraction of sp³-hybridized carbons (Fsp3) is 0.611. The Morgan fingerprint density at radius 2 is 2.00 bits per heavy atom. The minimum Gasteiger partial charge on any atom is -0.496 e. The molecule has 1 aliphatic rings. The lowest BCUT2D eigenvalue weighted by molar-refractivity contribution is 0.132. The molecule has 140 valence electrons. The first-order chi connectivity index (χ1) is 11.5. The van der Waals surface area contributed by atoms with Gasteiger partial charge in [0, 0.05) is 12.1 Å². The summed E-state index contributed by atoms with van der Waals surface area (Å²) in [7, 11) is -0.522. The van der Waals surface area contributed by atoms with Crippen LogP contribution in [0.15, 0.2) is 18.2 Å². The van der Waals surface area contributed by atoms with Crippen molar-refractivity contribution in [3.8, 4) is 5.75 Å². The van der Waals surface area contributed by atoms with E-state index in [0.717, 1.165) is 0 Å². The van der Waals surface area contributed by atoms with Crippen LogP contribution in [0, 0.1) is 5.82 Å². The molecule has 2 rings (SSSR count). The number of hydrogen-bond donors (Lipinski definition) is 1. The fourth-order valence-electron chi connectivity index (χ4n) is 2.95. The maximum absolute atomic E-state index is 13.7. The molecule has 1 amide bonds. The van der Waals surface area contributed by atoms with E-state index in [-0.39, 0.29) is 17.7 Å². The minimum absolute atomic E-state index is 0.0374. The van der Waals surface area contributed by atoms with Gasteiger partial charge in [0.15, 0.2) is 8.32 Å². The van der Waals surface area contributed by atoms with E-state index in [1.165, 1.54) is 30.2 Å². The van der Waals surface area contributed by atoms with Crippen LogP contribution in [0.5, 0.6) is 5.75 Å². The first kappa shape index (κ1) is 19.7. The van der Waals surface area contributed by atoms with Crippen molar-refractivity contribution in [1.82, 2.24) is 4.90 Å². The Labute approximate surface area is 149 Å². The molecule has 1 fully saturated rings. The number of methoxy groups -OCH3 is 1. The van der Waals surface area contributed by atoms with E-state index >= 15 is 0 Å². The molecule has 0 radical (unpaired) electrons. The van der Waals surface area contributed by atoms with Crippen molar-refractivity contribution in [2.24, 2.45) is 0 Å². The molecular weight excluding hydrogens is 341 g/mol. The smallest absolute Gasteiger partial charge is 0.407 e. The number of ether oxygens (including phenoxy) is 1. The third kappa shape index (κ3) is 4.15. The van der Waals surface area contributed by atoms with Crippen molar-refractivity contribution in [3.05, 3.63) is 29.6 Å². The third-order valence-corrected chi connectivity index (χ3v) is 9.86. The third-order valence-electron chi connectivity index (χ3n) is 5.33. The second kappa shape index (κ2) is 6.95. The summed E-state index contributed by atoms with van der Waals surface area (Å²) in [6.45, 7) is 11.0. The topological polar surface area (TPSA) is 59.0 Å². The lowest BCUT2D eigenvalue weighted by atomic mass is 10.0. The molecule has 0 aliphatic carbocycles. The largest absolute Gasteiger partial charge is 0.496 e. The highest BCUT2D eigenvalue weighted by atomic mass is 28.4. The molecule has 1 saturated heterocycles. The molecule has 1 aromatic carbocycles. The molecule has 7 heteroatoms. The van der Waals surface area contributed by atoms with Gasteiger partial charge in [0.1, 0.15) is 11.6 Å². The van der Waals surface area contributed by atoms with Crippen LogP contribution in [0.3, 0.4) is 0 Å². The van der Waals surface area contributed by atoms with Gasteiger partial charge in [-0.25, -0.2) is 9.18 Å². The number of halogens is 1. The van der Waals surface area contributed by atoms with E-state index in [0.29, 0.717) is 17.7 Å². The van der Waals surface area contributed by atoms with Crippen LogP contribution in [0.25, 0.3) is 0 Å². The number of hydrogen-bond acceptors (Lipinski definition) is 3. The fourth-order valence-corrected chi connectivity index (χ4v) is 4.31.